The van der Waals surface area contributed by atoms with E-state index in [9.17, 15) is 9.18 Å². The van der Waals surface area contributed by atoms with Gasteiger partial charge in [0.1, 0.15) is 23.7 Å². The van der Waals surface area contributed by atoms with Crippen LogP contribution in [0, 0.1) is 12.7 Å². The maximum atomic E-state index is 13.6. The molecule has 0 aliphatic heterocycles. The average Bonchev–Trinajstić information content (AvgIpc) is 2.66. The zero-order valence-electron chi connectivity index (χ0n) is 14.7. The summed E-state index contributed by atoms with van der Waals surface area (Å²) in [7, 11) is 0. The molecule has 3 aromatic rings. The normalized spacial score (nSPS) is 10.5. The molecule has 138 valence electrons. The van der Waals surface area contributed by atoms with E-state index >= 15 is 0 Å². The van der Waals surface area contributed by atoms with E-state index in [1.54, 1.807) is 42.5 Å². The van der Waals surface area contributed by atoms with Crippen LogP contribution in [-0.2, 0) is 6.42 Å². The van der Waals surface area contributed by atoms with Crippen molar-refractivity contribution in [2.75, 3.05) is 17.2 Å². The van der Waals surface area contributed by atoms with Gasteiger partial charge in [0, 0.05) is 23.3 Å². The molecule has 0 bridgehead atoms. The quantitative estimate of drug-likeness (QED) is 0.657. The molecule has 0 unspecified atom stereocenters. The number of carbonyl (C=O) groups is 1. The average molecular weight is 385 g/mol. The van der Waals surface area contributed by atoms with Crippen molar-refractivity contribution in [3.63, 3.8) is 0 Å². The first kappa shape index (κ1) is 18.8. The van der Waals surface area contributed by atoms with Crippen molar-refractivity contribution in [3.05, 3.63) is 82.5 Å². The monoisotopic (exact) mass is 384 g/mol. The summed E-state index contributed by atoms with van der Waals surface area (Å²) in [5, 5.41) is 6.49. The predicted octanol–water partition coefficient (Wildman–Crippen LogP) is 4.48. The highest BCUT2D eigenvalue weighted by molar-refractivity contribution is 6.30. The maximum absolute atomic E-state index is 13.6. The topological polar surface area (TPSA) is 66.9 Å². The summed E-state index contributed by atoms with van der Waals surface area (Å²) in [5.41, 5.74) is 2.37. The summed E-state index contributed by atoms with van der Waals surface area (Å²) in [6.07, 6.45) is 1.82. The Morgan fingerprint density at radius 1 is 1.15 bits per heavy atom. The van der Waals surface area contributed by atoms with Gasteiger partial charge < -0.3 is 10.6 Å². The Balaban J connectivity index is 1.62. The molecule has 0 saturated carbocycles. The van der Waals surface area contributed by atoms with Gasteiger partial charge in [-0.2, -0.15) is 0 Å². The summed E-state index contributed by atoms with van der Waals surface area (Å²) in [4.78, 5) is 20.5. The van der Waals surface area contributed by atoms with Crippen LogP contribution in [0.25, 0.3) is 0 Å². The number of anilines is 2. The van der Waals surface area contributed by atoms with Gasteiger partial charge in [0.05, 0.1) is 0 Å². The number of aromatic nitrogens is 2. The molecule has 5 nitrogen and oxygen atoms in total. The second kappa shape index (κ2) is 8.60. The summed E-state index contributed by atoms with van der Waals surface area (Å²) in [5.74, 6) is -0.0836. The lowest BCUT2D eigenvalue weighted by atomic mass is 10.1. The summed E-state index contributed by atoms with van der Waals surface area (Å²) < 4.78 is 13.6. The SMILES string of the molecule is Cc1cc(Cl)ccc1NC(=O)c1cc(NCCc2ccccc2F)ncn1. The van der Waals surface area contributed by atoms with Crippen LogP contribution in [0.1, 0.15) is 21.6 Å². The number of aryl methyl sites for hydroxylation is 1. The zero-order valence-corrected chi connectivity index (χ0v) is 15.4. The van der Waals surface area contributed by atoms with E-state index in [4.69, 9.17) is 11.6 Å². The van der Waals surface area contributed by atoms with Crippen LogP contribution in [-0.4, -0.2) is 22.4 Å². The van der Waals surface area contributed by atoms with Crippen LogP contribution in [0.15, 0.2) is 54.9 Å². The summed E-state index contributed by atoms with van der Waals surface area (Å²) in [6, 6.07) is 13.4. The molecule has 27 heavy (non-hydrogen) atoms. The number of rotatable bonds is 6. The number of nitrogens with one attached hydrogen (secondary N) is 2. The number of hydrogen-bond donors (Lipinski definition) is 2. The molecule has 0 aliphatic rings. The summed E-state index contributed by atoms with van der Waals surface area (Å²) in [6.45, 7) is 2.34. The van der Waals surface area contributed by atoms with Crippen molar-refractivity contribution in [2.45, 2.75) is 13.3 Å². The largest absolute Gasteiger partial charge is 0.370 e. The molecule has 0 saturated heterocycles. The fourth-order valence-corrected chi connectivity index (χ4v) is 2.78. The van der Waals surface area contributed by atoms with E-state index in [-0.39, 0.29) is 17.4 Å². The van der Waals surface area contributed by atoms with Gasteiger partial charge in [-0.3, -0.25) is 4.79 Å². The molecule has 1 amide bonds. The predicted molar refractivity (Wildman–Crippen MR) is 105 cm³/mol. The van der Waals surface area contributed by atoms with Crippen LogP contribution in [0.4, 0.5) is 15.9 Å². The van der Waals surface area contributed by atoms with E-state index in [0.717, 1.165) is 5.56 Å². The minimum atomic E-state index is -0.347. The first-order chi connectivity index (χ1) is 13.0. The van der Waals surface area contributed by atoms with E-state index in [0.29, 0.717) is 35.1 Å². The van der Waals surface area contributed by atoms with E-state index < -0.39 is 0 Å². The molecule has 2 aromatic carbocycles. The van der Waals surface area contributed by atoms with Crippen LogP contribution < -0.4 is 10.6 Å². The smallest absolute Gasteiger partial charge is 0.274 e. The van der Waals surface area contributed by atoms with E-state index in [2.05, 4.69) is 20.6 Å². The van der Waals surface area contributed by atoms with Crippen LogP contribution >= 0.6 is 11.6 Å². The number of carbonyl (C=O) groups excluding carboxylic acids is 1. The van der Waals surface area contributed by atoms with Crippen LogP contribution in [0.2, 0.25) is 5.02 Å². The lowest BCUT2D eigenvalue weighted by Gasteiger charge is -2.10. The lowest BCUT2D eigenvalue weighted by molar-refractivity contribution is 0.102. The lowest BCUT2D eigenvalue weighted by Crippen LogP contribution is -2.16. The zero-order chi connectivity index (χ0) is 19.2. The third-order valence-corrected chi connectivity index (χ3v) is 4.23. The number of benzene rings is 2. The molecule has 1 heterocycles. The van der Waals surface area contributed by atoms with Crippen molar-refractivity contribution in [2.24, 2.45) is 0 Å². The third-order valence-electron chi connectivity index (χ3n) is 3.99. The van der Waals surface area contributed by atoms with Gasteiger partial charge in [0.25, 0.3) is 5.91 Å². The summed E-state index contributed by atoms with van der Waals surface area (Å²) >= 11 is 5.93. The fraction of sp³-hybridized carbons (Fsp3) is 0.150. The number of amides is 1. The van der Waals surface area contributed by atoms with Gasteiger partial charge in [-0.15, -0.1) is 0 Å². The highest BCUT2D eigenvalue weighted by Crippen LogP contribution is 2.20. The Bertz CT molecular complexity index is 964. The second-order valence-electron chi connectivity index (χ2n) is 5.97. The molecule has 0 radical (unpaired) electrons. The Morgan fingerprint density at radius 3 is 2.74 bits per heavy atom. The Kier molecular flexibility index (Phi) is 5.98. The van der Waals surface area contributed by atoms with Crippen molar-refractivity contribution in [3.8, 4) is 0 Å². The highest BCUT2D eigenvalue weighted by Gasteiger charge is 2.11. The Hall–Kier alpha value is -2.99. The molecular formula is C20H18ClFN4O. The van der Waals surface area contributed by atoms with Crippen LogP contribution in [0.5, 0.6) is 0 Å². The molecule has 0 atom stereocenters. The van der Waals surface area contributed by atoms with Crippen molar-refractivity contribution < 1.29 is 9.18 Å². The third kappa shape index (κ3) is 5.01. The first-order valence-electron chi connectivity index (χ1n) is 8.40. The Labute approximate surface area is 161 Å². The highest BCUT2D eigenvalue weighted by atomic mass is 35.5. The number of nitrogens with zero attached hydrogens (tertiary/aromatic N) is 2. The van der Waals surface area contributed by atoms with Gasteiger partial charge >= 0.3 is 0 Å². The minimum Gasteiger partial charge on any atom is -0.370 e. The first-order valence-corrected chi connectivity index (χ1v) is 8.77. The van der Waals surface area contributed by atoms with Crippen molar-refractivity contribution in [1.29, 1.82) is 0 Å². The van der Waals surface area contributed by atoms with E-state index in [1.807, 2.05) is 6.92 Å². The number of hydrogen-bond acceptors (Lipinski definition) is 4. The minimum absolute atomic E-state index is 0.229. The number of halogens is 2. The molecule has 2 N–H and O–H groups in total. The molecule has 0 fully saturated rings. The van der Waals surface area contributed by atoms with Crippen molar-refractivity contribution >= 4 is 29.0 Å². The molecule has 0 spiro atoms. The molecule has 0 aliphatic carbocycles. The molecular weight excluding hydrogens is 367 g/mol. The standard InChI is InChI=1S/C20H18ClFN4O/c1-13-10-15(21)6-7-17(13)26-20(27)18-11-19(25-12-24-18)23-9-8-14-4-2-3-5-16(14)22/h2-7,10-12H,8-9H2,1H3,(H,26,27)(H,23,24,25). The second-order valence-corrected chi connectivity index (χ2v) is 6.41. The molecule has 1 aromatic heterocycles. The van der Waals surface area contributed by atoms with Gasteiger partial charge in [-0.05, 0) is 48.7 Å². The fourth-order valence-electron chi connectivity index (χ4n) is 2.56. The van der Waals surface area contributed by atoms with Gasteiger partial charge in [0.2, 0.25) is 0 Å². The Morgan fingerprint density at radius 2 is 1.96 bits per heavy atom. The maximum Gasteiger partial charge on any atom is 0.274 e. The van der Waals surface area contributed by atoms with Gasteiger partial charge in [0.15, 0.2) is 0 Å². The van der Waals surface area contributed by atoms with Gasteiger partial charge in [-0.1, -0.05) is 29.8 Å². The molecule has 3 rings (SSSR count). The van der Waals surface area contributed by atoms with Gasteiger partial charge in [-0.25, -0.2) is 14.4 Å². The van der Waals surface area contributed by atoms with E-state index in [1.165, 1.54) is 12.4 Å². The van der Waals surface area contributed by atoms with Crippen LogP contribution in [0.3, 0.4) is 0 Å². The van der Waals surface area contributed by atoms with Crippen molar-refractivity contribution in [1.82, 2.24) is 9.97 Å². The molecule has 7 heteroatoms.